The van der Waals surface area contributed by atoms with Gasteiger partial charge in [-0.05, 0) is 54.4 Å². The topological polar surface area (TPSA) is 52.6 Å². The van der Waals surface area contributed by atoms with E-state index in [9.17, 15) is 9.90 Å². The highest BCUT2D eigenvalue weighted by atomic mass is 35.5. The Balaban J connectivity index is 2.33. The van der Waals surface area contributed by atoms with Crippen molar-refractivity contribution < 1.29 is 9.90 Å². The smallest absolute Gasteiger partial charge is 0.207 e. The van der Waals surface area contributed by atoms with Gasteiger partial charge >= 0.3 is 0 Å². The molecule has 0 spiro atoms. The highest BCUT2D eigenvalue weighted by molar-refractivity contribution is 7.32. The van der Waals surface area contributed by atoms with Crippen molar-refractivity contribution in [3.63, 3.8) is 0 Å². The molecule has 1 aromatic heterocycles. The molecule has 1 aromatic carbocycles. The fourth-order valence-corrected chi connectivity index (χ4v) is 4.82. The van der Waals surface area contributed by atoms with Crippen LogP contribution in [0.15, 0.2) is 36.9 Å². The van der Waals surface area contributed by atoms with Gasteiger partial charge in [-0.2, -0.15) is 0 Å². The van der Waals surface area contributed by atoms with Crippen LogP contribution in [0, 0.1) is 6.92 Å². The molecule has 144 valence electrons. The predicted octanol–water partition coefficient (Wildman–Crippen LogP) is 4.68. The Morgan fingerprint density at radius 3 is 2.78 bits per heavy atom. The highest BCUT2D eigenvalue weighted by Gasteiger charge is 2.18. The number of carbonyl (C=O) groups excluding carboxylic acids is 1. The van der Waals surface area contributed by atoms with E-state index in [2.05, 4.69) is 28.9 Å². The molecule has 2 rings (SSSR count). The number of benzene rings is 1. The maximum absolute atomic E-state index is 11.1. The first kappa shape index (κ1) is 21.3. The van der Waals surface area contributed by atoms with Crippen molar-refractivity contribution in [2.75, 3.05) is 14.1 Å². The number of amides is 1. The summed E-state index contributed by atoms with van der Waals surface area (Å²) in [6.07, 6.45) is 6.47. The Hall–Kier alpha value is -2.00. The Bertz CT molecular complexity index is 843. The molecule has 0 saturated carbocycles. The Labute approximate surface area is 167 Å². The van der Waals surface area contributed by atoms with E-state index in [0.29, 0.717) is 26.0 Å². The van der Waals surface area contributed by atoms with Crippen molar-refractivity contribution in [3.05, 3.63) is 69.2 Å². The molecule has 0 aliphatic carbocycles. The average Bonchev–Trinajstić information content (AvgIpc) is 3.06. The van der Waals surface area contributed by atoms with Crippen LogP contribution in [0.1, 0.15) is 33.3 Å². The van der Waals surface area contributed by atoms with Gasteiger partial charge in [0.25, 0.3) is 0 Å². The Kier molecular flexibility index (Phi) is 7.73. The van der Waals surface area contributed by atoms with Crippen LogP contribution < -0.4 is 5.32 Å². The summed E-state index contributed by atoms with van der Waals surface area (Å²) in [5.41, 5.74) is 2.21. The SMILES string of the molecule is C=C/C=C\c1c(Cl)cc(CC(NC=O)c2ccc(CN(C)C)[pH]2)c(O)c1C. The molecule has 0 aliphatic rings. The summed E-state index contributed by atoms with van der Waals surface area (Å²) >= 11 is 6.43. The standard InChI is InChI=1S/C21H26ClN2O2P/c1-5-6-7-17-14(2)21(26)15(10-18(17)22)11-19(23-13-25)20-9-8-16(27-20)12-24(3)4/h5-10,13,19,26-27H,1,11-12H2,2-4H3,(H,23,25)/b7-6-. The second kappa shape index (κ2) is 9.80. The number of hydrogen-bond donors (Lipinski definition) is 2. The van der Waals surface area contributed by atoms with Crippen LogP contribution >= 0.6 is 19.8 Å². The second-order valence-corrected chi connectivity index (χ2v) is 8.59. The number of phenols is 1. The van der Waals surface area contributed by atoms with Crippen LogP contribution in [0.5, 0.6) is 5.75 Å². The van der Waals surface area contributed by atoms with Gasteiger partial charge in [0.2, 0.25) is 6.41 Å². The molecule has 1 amide bonds. The van der Waals surface area contributed by atoms with Crippen LogP contribution in [0.3, 0.4) is 0 Å². The number of phenolic OH excluding ortho intramolecular Hbond substituents is 1. The quantitative estimate of drug-likeness (QED) is 0.471. The van der Waals surface area contributed by atoms with E-state index in [1.807, 2.05) is 27.1 Å². The minimum atomic E-state index is -0.173. The average molecular weight is 405 g/mol. The minimum absolute atomic E-state index is 0.173. The van der Waals surface area contributed by atoms with Crippen molar-refractivity contribution >= 4 is 32.3 Å². The summed E-state index contributed by atoms with van der Waals surface area (Å²) in [7, 11) is 4.61. The van der Waals surface area contributed by atoms with E-state index in [1.165, 1.54) is 5.30 Å². The van der Waals surface area contributed by atoms with E-state index < -0.39 is 0 Å². The largest absolute Gasteiger partial charge is 0.507 e. The number of allylic oxidation sites excluding steroid dienone is 2. The first-order chi connectivity index (χ1) is 12.9. The zero-order valence-electron chi connectivity index (χ0n) is 15.9. The van der Waals surface area contributed by atoms with Gasteiger partial charge < -0.3 is 15.3 Å². The fraction of sp³-hybridized carbons (Fsp3) is 0.286. The fourth-order valence-electron chi connectivity index (χ4n) is 3.03. The van der Waals surface area contributed by atoms with Gasteiger partial charge in [-0.1, -0.05) is 48.5 Å². The van der Waals surface area contributed by atoms with Crippen molar-refractivity contribution in [1.29, 1.82) is 0 Å². The van der Waals surface area contributed by atoms with E-state index in [-0.39, 0.29) is 11.8 Å². The summed E-state index contributed by atoms with van der Waals surface area (Å²) in [5.74, 6) is 0.212. The molecule has 0 fully saturated rings. The van der Waals surface area contributed by atoms with E-state index in [0.717, 1.165) is 28.5 Å². The second-order valence-electron chi connectivity index (χ2n) is 6.72. The normalized spacial score (nSPS) is 12.8. The lowest BCUT2D eigenvalue weighted by atomic mass is 9.97. The molecule has 1 heterocycles. The number of nitrogens with zero attached hydrogens (tertiary/aromatic N) is 1. The number of halogens is 1. The molecule has 0 saturated heterocycles. The molecule has 4 nitrogen and oxygen atoms in total. The van der Waals surface area contributed by atoms with Crippen LogP contribution in [0.25, 0.3) is 6.08 Å². The summed E-state index contributed by atoms with van der Waals surface area (Å²) in [4.78, 5) is 13.3. The van der Waals surface area contributed by atoms with Gasteiger partial charge in [-0.15, -0.1) is 8.19 Å². The summed E-state index contributed by atoms with van der Waals surface area (Å²) < 4.78 is 0. The van der Waals surface area contributed by atoms with Crippen molar-refractivity contribution in [2.24, 2.45) is 0 Å². The third kappa shape index (κ3) is 5.49. The molecule has 27 heavy (non-hydrogen) atoms. The molecule has 0 aliphatic heterocycles. The zero-order valence-corrected chi connectivity index (χ0v) is 17.7. The lowest BCUT2D eigenvalue weighted by Crippen LogP contribution is -2.20. The number of rotatable bonds is 9. The molecule has 0 radical (unpaired) electrons. The zero-order chi connectivity index (χ0) is 20.0. The molecule has 2 aromatic rings. The molecule has 0 bridgehead atoms. The van der Waals surface area contributed by atoms with Gasteiger partial charge in [0.15, 0.2) is 0 Å². The minimum Gasteiger partial charge on any atom is -0.507 e. The van der Waals surface area contributed by atoms with Crippen LogP contribution in [-0.2, 0) is 17.8 Å². The lowest BCUT2D eigenvalue weighted by molar-refractivity contribution is -0.110. The molecular formula is C21H26ClN2O2P. The van der Waals surface area contributed by atoms with Gasteiger partial charge in [-0.3, -0.25) is 4.79 Å². The first-order valence-corrected chi connectivity index (χ1v) is 10.1. The monoisotopic (exact) mass is 404 g/mol. The van der Waals surface area contributed by atoms with Gasteiger partial charge in [0.1, 0.15) is 5.75 Å². The van der Waals surface area contributed by atoms with E-state index in [1.54, 1.807) is 18.2 Å². The predicted molar refractivity (Wildman–Crippen MR) is 116 cm³/mol. The van der Waals surface area contributed by atoms with Crippen molar-refractivity contribution in [3.8, 4) is 5.75 Å². The summed E-state index contributed by atoms with van der Waals surface area (Å²) in [5, 5.41) is 16.6. The molecular weight excluding hydrogens is 379 g/mol. The molecule has 2 unspecified atom stereocenters. The number of nitrogens with one attached hydrogen (secondary N) is 1. The third-order valence-electron chi connectivity index (χ3n) is 4.34. The number of aromatic hydroxyl groups is 1. The Morgan fingerprint density at radius 1 is 1.41 bits per heavy atom. The molecule has 2 N–H and O–H groups in total. The van der Waals surface area contributed by atoms with E-state index in [4.69, 9.17) is 11.6 Å². The first-order valence-electron chi connectivity index (χ1n) is 8.69. The molecule has 2 atom stereocenters. The van der Waals surface area contributed by atoms with Crippen LogP contribution in [0.2, 0.25) is 5.02 Å². The van der Waals surface area contributed by atoms with Crippen molar-refractivity contribution in [1.82, 2.24) is 10.2 Å². The number of carbonyl (C=O) groups is 1. The summed E-state index contributed by atoms with van der Waals surface area (Å²) in [6.45, 7) is 6.39. The van der Waals surface area contributed by atoms with Gasteiger partial charge in [0, 0.05) is 18.0 Å². The molecule has 6 heteroatoms. The van der Waals surface area contributed by atoms with Crippen LogP contribution in [0.4, 0.5) is 0 Å². The van der Waals surface area contributed by atoms with Gasteiger partial charge in [-0.25, -0.2) is 0 Å². The highest BCUT2D eigenvalue weighted by Crippen LogP contribution is 2.37. The van der Waals surface area contributed by atoms with Crippen LogP contribution in [-0.4, -0.2) is 30.5 Å². The number of hydrogen-bond acceptors (Lipinski definition) is 3. The lowest BCUT2D eigenvalue weighted by Gasteiger charge is -2.18. The van der Waals surface area contributed by atoms with E-state index >= 15 is 0 Å². The maximum atomic E-state index is 11.1. The summed E-state index contributed by atoms with van der Waals surface area (Å²) in [6, 6.07) is 5.80. The van der Waals surface area contributed by atoms with Gasteiger partial charge in [0.05, 0.1) is 6.04 Å². The Morgan fingerprint density at radius 2 is 2.15 bits per heavy atom. The maximum Gasteiger partial charge on any atom is 0.207 e. The third-order valence-corrected chi connectivity index (χ3v) is 6.11. The van der Waals surface area contributed by atoms with Crippen molar-refractivity contribution in [2.45, 2.75) is 25.9 Å².